The van der Waals surface area contributed by atoms with Gasteiger partial charge in [0.05, 0.1) is 11.0 Å². The average molecular weight is 702 g/mol. The normalized spacial score (nSPS) is 12.3. The Hall–Kier alpha value is -7.16. The number of rotatable bonds is 6. The highest BCUT2D eigenvalue weighted by molar-refractivity contribution is 6.19. The maximum atomic E-state index is 6.72. The molecule has 0 aliphatic carbocycles. The minimum Gasteiger partial charge on any atom is -0.455 e. The second kappa shape index (κ2) is 12.8. The number of nitrogens with zero attached hydrogens (tertiary/aromatic N) is 1. The highest BCUT2D eigenvalue weighted by Crippen LogP contribution is 2.43. The molecule has 0 aliphatic rings. The molecule has 2 heterocycles. The van der Waals surface area contributed by atoms with Crippen LogP contribution in [0.2, 0.25) is 0 Å². The van der Waals surface area contributed by atoms with Crippen molar-refractivity contribution in [2.75, 3.05) is 0 Å². The van der Waals surface area contributed by atoms with Crippen LogP contribution in [0, 0.1) is 0 Å². The van der Waals surface area contributed by atoms with Gasteiger partial charge in [-0.25, -0.2) is 0 Å². The Labute approximate surface area is 319 Å². The Morgan fingerprint density at radius 1 is 0.345 bits per heavy atom. The van der Waals surface area contributed by atoms with Crippen molar-refractivity contribution in [1.82, 2.24) is 4.57 Å². The fourth-order valence-corrected chi connectivity index (χ4v) is 8.75. The van der Waals surface area contributed by atoms with Crippen LogP contribution in [-0.4, -0.2) is 4.57 Å². The van der Waals surface area contributed by atoms with Crippen LogP contribution in [0.4, 0.5) is 0 Å². The molecular formula is C53H35NO. The van der Waals surface area contributed by atoms with Gasteiger partial charge in [0.1, 0.15) is 11.2 Å². The Bertz CT molecular complexity index is 3170. The first-order chi connectivity index (χ1) is 27.3. The van der Waals surface area contributed by atoms with Crippen LogP contribution >= 0.6 is 0 Å². The van der Waals surface area contributed by atoms with E-state index in [9.17, 15) is 0 Å². The number of furan rings is 1. The van der Waals surface area contributed by atoms with Gasteiger partial charge in [0.2, 0.25) is 0 Å². The van der Waals surface area contributed by atoms with E-state index in [1.165, 1.54) is 66.1 Å². The van der Waals surface area contributed by atoms with E-state index < -0.39 is 0 Å². The fourth-order valence-electron chi connectivity index (χ4n) is 8.75. The topological polar surface area (TPSA) is 18.1 Å². The summed E-state index contributed by atoms with van der Waals surface area (Å²) in [5.74, 6) is -0.0279. The lowest BCUT2D eigenvalue weighted by atomic mass is 9.83. The summed E-state index contributed by atoms with van der Waals surface area (Å²) in [6.45, 7) is 0. The Morgan fingerprint density at radius 2 is 0.909 bits per heavy atom. The van der Waals surface area contributed by atoms with Gasteiger partial charge in [0.15, 0.2) is 0 Å². The summed E-state index contributed by atoms with van der Waals surface area (Å²) >= 11 is 0. The van der Waals surface area contributed by atoms with Crippen LogP contribution in [-0.2, 0) is 0 Å². The summed E-state index contributed by atoms with van der Waals surface area (Å²) in [5, 5.41) is 7.08. The van der Waals surface area contributed by atoms with Gasteiger partial charge >= 0.3 is 0 Å². The summed E-state index contributed by atoms with van der Waals surface area (Å²) in [6.07, 6.45) is 0. The van der Waals surface area contributed by atoms with Gasteiger partial charge in [-0.15, -0.1) is 0 Å². The van der Waals surface area contributed by atoms with Gasteiger partial charge in [-0.2, -0.15) is 0 Å². The maximum Gasteiger partial charge on any atom is 0.143 e. The third-order valence-corrected chi connectivity index (χ3v) is 11.3. The van der Waals surface area contributed by atoms with Gasteiger partial charge in [-0.3, -0.25) is 0 Å². The van der Waals surface area contributed by atoms with Gasteiger partial charge in [-0.05, 0) is 86.8 Å². The Kier molecular flexibility index (Phi) is 7.28. The Morgan fingerprint density at radius 3 is 1.67 bits per heavy atom. The van der Waals surface area contributed by atoms with E-state index in [-0.39, 0.29) is 5.92 Å². The molecule has 0 amide bonds. The number of benzene rings is 9. The number of para-hydroxylation sites is 2. The number of hydrogen-bond donors (Lipinski definition) is 0. The average Bonchev–Trinajstić information content (AvgIpc) is 3.80. The molecule has 258 valence electrons. The summed E-state index contributed by atoms with van der Waals surface area (Å²) < 4.78 is 9.13. The molecular weight excluding hydrogens is 667 g/mol. The third-order valence-electron chi connectivity index (χ3n) is 11.3. The van der Waals surface area contributed by atoms with Gasteiger partial charge in [0, 0.05) is 38.5 Å². The molecule has 2 heteroatoms. The lowest BCUT2D eigenvalue weighted by Gasteiger charge is -2.20. The molecule has 11 aromatic rings. The highest BCUT2D eigenvalue weighted by Gasteiger charge is 2.22. The summed E-state index contributed by atoms with van der Waals surface area (Å²) in [4.78, 5) is 0. The molecule has 55 heavy (non-hydrogen) atoms. The van der Waals surface area contributed by atoms with E-state index in [1.807, 2.05) is 0 Å². The smallest absolute Gasteiger partial charge is 0.143 e. The lowest BCUT2D eigenvalue weighted by molar-refractivity contribution is 0.672. The SMILES string of the molecule is c1ccc(-c2ccc(C(c3ccc4oc5c6ccccc6c(-c6ccccc6)cc5c4c3)c3ccc4c5ccccc5n(-c5ccccc5)c4c3)cc2)cc1. The third kappa shape index (κ3) is 5.18. The monoisotopic (exact) mass is 701 g/mol. The first kappa shape index (κ1) is 31.4. The maximum absolute atomic E-state index is 6.72. The van der Waals surface area contributed by atoms with Crippen molar-refractivity contribution in [1.29, 1.82) is 0 Å². The van der Waals surface area contributed by atoms with Crippen LogP contribution in [0.5, 0.6) is 0 Å². The minimum atomic E-state index is -0.0279. The molecule has 0 radical (unpaired) electrons. The van der Waals surface area contributed by atoms with Gasteiger partial charge < -0.3 is 8.98 Å². The van der Waals surface area contributed by atoms with Crippen LogP contribution < -0.4 is 0 Å². The van der Waals surface area contributed by atoms with E-state index in [1.54, 1.807) is 0 Å². The number of hydrogen-bond acceptors (Lipinski definition) is 1. The van der Waals surface area contributed by atoms with E-state index in [0.29, 0.717) is 0 Å². The highest BCUT2D eigenvalue weighted by atomic mass is 16.3. The molecule has 2 nitrogen and oxygen atoms in total. The number of fused-ring (bicyclic) bond motifs is 8. The van der Waals surface area contributed by atoms with E-state index in [4.69, 9.17) is 4.42 Å². The molecule has 11 rings (SSSR count). The van der Waals surface area contributed by atoms with Crippen molar-refractivity contribution < 1.29 is 4.42 Å². The molecule has 0 aliphatic heterocycles. The van der Waals surface area contributed by atoms with Crippen molar-refractivity contribution >= 4 is 54.5 Å². The van der Waals surface area contributed by atoms with Gasteiger partial charge in [0.25, 0.3) is 0 Å². The predicted octanol–water partition coefficient (Wildman–Crippen LogP) is 14.4. The van der Waals surface area contributed by atoms with Crippen molar-refractivity contribution in [3.63, 3.8) is 0 Å². The fraction of sp³-hybridized carbons (Fsp3) is 0.0189. The van der Waals surface area contributed by atoms with Crippen molar-refractivity contribution in [3.05, 3.63) is 223 Å². The zero-order chi connectivity index (χ0) is 36.3. The van der Waals surface area contributed by atoms with Crippen LogP contribution in [0.3, 0.4) is 0 Å². The van der Waals surface area contributed by atoms with Crippen LogP contribution in [0.15, 0.2) is 211 Å². The lowest BCUT2D eigenvalue weighted by Crippen LogP contribution is -2.04. The number of aromatic nitrogens is 1. The van der Waals surface area contributed by atoms with Crippen molar-refractivity contribution in [3.8, 4) is 27.9 Å². The van der Waals surface area contributed by atoms with E-state index >= 15 is 0 Å². The molecule has 0 saturated heterocycles. The van der Waals surface area contributed by atoms with Crippen molar-refractivity contribution in [2.45, 2.75) is 5.92 Å². The van der Waals surface area contributed by atoms with E-state index in [0.717, 1.165) is 33.0 Å². The predicted molar refractivity (Wildman–Crippen MR) is 230 cm³/mol. The van der Waals surface area contributed by atoms with Crippen LogP contribution in [0.25, 0.3) is 82.5 Å². The molecule has 0 fully saturated rings. The molecule has 0 saturated carbocycles. The largest absolute Gasteiger partial charge is 0.455 e. The minimum absolute atomic E-state index is 0.0279. The first-order valence-corrected chi connectivity index (χ1v) is 19.0. The first-order valence-electron chi connectivity index (χ1n) is 19.0. The second-order valence-corrected chi connectivity index (χ2v) is 14.5. The summed E-state index contributed by atoms with van der Waals surface area (Å²) in [5.41, 5.74) is 13.9. The molecule has 0 N–H and O–H groups in total. The molecule has 0 bridgehead atoms. The molecule has 1 atom stereocenters. The molecule has 1 unspecified atom stereocenters. The van der Waals surface area contributed by atoms with Gasteiger partial charge in [-0.1, -0.05) is 164 Å². The Balaban J connectivity index is 1.15. The standard InChI is InChI=1S/C53H35NO/c1-4-14-35(15-5-1)36-24-26-38(27-25-36)52(40-28-30-44-43-21-12-13-23-49(43)54(50(44)33-40)41-18-8-3-9-19-41)39-29-31-51-47(32-39)48-34-46(37-16-6-2-7-17-37)42-20-10-11-22-45(42)53(48)55-51/h1-34,52H. The summed E-state index contributed by atoms with van der Waals surface area (Å²) in [6, 6.07) is 74.7. The second-order valence-electron chi connectivity index (χ2n) is 14.5. The molecule has 0 spiro atoms. The summed E-state index contributed by atoms with van der Waals surface area (Å²) in [7, 11) is 0. The molecule has 2 aromatic heterocycles. The quantitative estimate of drug-likeness (QED) is 0.158. The molecule has 9 aromatic carbocycles. The van der Waals surface area contributed by atoms with Crippen LogP contribution in [0.1, 0.15) is 22.6 Å². The zero-order valence-electron chi connectivity index (χ0n) is 30.1. The zero-order valence-corrected chi connectivity index (χ0v) is 30.1. The van der Waals surface area contributed by atoms with Crippen molar-refractivity contribution in [2.24, 2.45) is 0 Å². The van der Waals surface area contributed by atoms with E-state index in [2.05, 4.69) is 211 Å².